The van der Waals surface area contributed by atoms with E-state index in [1.54, 1.807) is 6.92 Å². The van der Waals surface area contributed by atoms with E-state index in [9.17, 15) is 4.79 Å². The molecule has 88 valence electrons. The summed E-state index contributed by atoms with van der Waals surface area (Å²) in [6.45, 7) is 1.73. The molecule has 0 aliphatic rings. The second kappa shape index (κ2) is 5.14. The summed E-state index contributed by atoms with van der Waals surface area (Å²) in [6.07, 6.45) is 1.26. The maximum atomic E-state index is 11.8. The van der Waals surface area contributed by atoms with Gasteiger partial charge in [0.05, 0.1) is 5.69 Å². The maximum Gasteiger partial charge on any atom is 0.293 e. The molecule has 0 aliphatic carbocycles. The highest BCUT2D eigenvalue weighted by Gasteiger charge is 2.13. The van der Waals surface area contributed by atoms with Crippen LogP contribution in [0.4, 0.5) is 5.69 Å². The number of oxazole rings is 1. The van der Waals surface area contributed by atoms with Gasteiger partial charge in [-0.05, 0) is 24.6 Å². The fourth-order valence-electron chi connectivity index (χ4n) is 1.38. The van der Waals surface area contributed by atoms with Crippen LogP contribution in [0.25, 0.3) is 0 Å². The van der Waals surface area contributed by atoms with Crippen molar-refractivity contribution in [3.8, 4) is 0 Å². The Balaban J connectivity index is 2.10. The molecule has 1 aromatic heterocycles. The molecule has 0 atom stereocenters. The van der Waals surface area contributed by atoms with E-state index in [-0.39, 0.29) is 11.7 Å². The van der Waals surface area contributed by atoms with Crippen molar-refractivity contribution in [3.63, 3.8) is 0 Å². The average molecular weight is 295 g/mol. The molecule has 0 saturated heterocycles. The van der Waals surface area contributed by atoms with Gasteiger partial charge in [0, 0.05) is 11.0 Å². The number of carbonyl (C=O) groups excluding carboxylic acids is 1. The molecule has 0 fully saturated rings. The first-order valence-electron chi connectivity index (χ1n) is 5.07. The number of aryl methyl sites for hydroxylation is 1. The van der Waals surface area contributed by atoms with Crippen LogP contribution in [-0.2, 0) is 5.33 Å². The summed E-state index contributed by atoms with van der Waals surface area (Å²) in [4.78, 5) is 15.7. The Morgan fingerprint density at radius 1 is 1.41 bits per heavy atom. The summed E-state index contributed by atoms with van der Waals surface area (Å²) in [6, 6.07) is 7.58. The number of alkyl halides is 1. The second-order valence-corrected chi connectivity index (χ2v) is 4.11. The molecule has 1 N–H and O–H groups in total. The molecule has 0 bridgehead atoms. The lowest BCUT2D eigenvalue weighted by molar-refractivity contribution is 0.0996. The van der Waals surface area contributed by atoms with Gasteiger partial charge in [0.2, 0.25) is 5.76 Å². The first-order valence-corrected chi connectivity index (χ1v) is 6.19. The summed E-state index contributed by atoms with van der Waals surface area (Å²) < 4.78 is 5.01. The van der Waals surface area contributed by atoms with Gasteiger partial charge < -0.3 is 9.73 Å². The van der Waals surface area contributed by atoms with Crippen molar-refractivity contribution in [3.05, 3.63) is 47.7 Å². The predicted molar refractivity (Wildman–Crippen MR) is 68.3 cm³/mol. The molecule has 5 heteroatoms. The highest BCUT2D eigenvalue weighted by molar-refractivity contribution is 9.08. The molecule has 0 saturated carbocycles. The van der Waals surface area contributed by atoms with Gasteiger partial charge in [-0.1, -0.05) is 28.1 Å². The molecule has 2 rings (SSSR count). The molecule has 0 unspecified atom stereocenters. The monoisotopic (exact) mass is 294 g/mol. The molecule has 0 spiro atoms. The minimum absolute atomic E-state index is 0.245. The number of aromatic nitrogens is 1. The van der Waals surface area contributed by atoms with E-state index in [0.29, 0.717) is 5.69 Å². The fraction of sp³-hybridized carbons (Fsp3) is 0.167. The van der Waals surface area contributed by atoms with Crippen LogP contribution < -0.4 is 5.32 Å². The second-order valence-electron chi connectivity index (χ2n) is 3.55. The number of nitrogens with zero attached hydrogens (tertiary/aromatic N) is 1. The zero-order valence-corrected chi connectivity index (χ0v) is 10.8. The fourth-order valence-corrected chi connectivity index (χ4v) is 1.76. The summed E-state index contributed by atoms with van der Waals surface area (Å²) >= 11 is 3.36. The Morgan fingerprint density at radius 3 is 2.65 bits per heavy atom. The number of carbonyl (C=O) groups is 1. The number of nitrogens with one attached hydrogen (secondary N) is 1. The molecule has 4 nitrogen and oxygen atoms in total. The lowest BCUT2D eigenvalue weighted by Gasteiger charge is -2.04. The standard InChI is InChI=1S/C12H11BrN2O2/c1-8-11(17-7-14-8)12(16)15-10-4-2-9(6-13)3-5-10/h2-5,7H,6H2,1H3,(H,15,16). The third-order valence-corrected chi connectivity index (χ3v) is 2.97. The van der Waals surface area contributed by atoms with Crippen LogP contribution in [0.2, 0.25) is 0 Å². The van der Waals surface area contributed by atoms with Crippen LogP contribution in [0, 0.1) is 6.92 Å². The van der Waals surface area contributed by atoms with Gasteiger partial charge in [-0.25, -0.2) is 4.98 Å². The third kappa shape index (κ3) is 2.74. The van der Waals surface area contributed by atoms with Crippen LogP contribution >= 0.6 is 15.9 Å². The van der Waals surface area contributed by atoms with E-state index in [1.807, 2.05) is 24.3 Å². The third-order valence-electron chi connectivity index (χ3n) is 2.32. The van der Waals surface area contributed by atoms with E-state index in [0.717, 1.165) is 16.6 Å². The summed E-state index contributed by atoms with van der Waals surface area (Å²) in [7, 11) is 0. The van der Waals surface area contributed by atoms with E-state index in [4.69, 9.17) is 4.42 Å². The van der Waals surface area contributed by atoms with Gasteiger partial charge in [-0.3, -0.25) is 4.79 Å². The Kier molecular flexibility index (Phi) is 3.58. The first kappa shape index (κ1) is 11.9. The number of benzene rings is 1. The number of rotatable bonds is 3. The number of hydrogen-bond acceptors (Lipinski definition) is 3. The largest absolute Gasteiger partial charge is 0.438 e. The van der Waals surface area contributed by atoms with Gasteiger partial charge in [-0.2, -0.15) is 0 Å². The zero-order chi connectivity index (χ0) is 12.3. The Labute approximate surface area is 107 Å². The lowest BCUT2D eigenvalue weighted by Crippen LogP contribution is -2.12. The normalized spacial score (nSPS) is 10.2. The molecular weight excluding hydrogens is 284 g/mol. The van der Waals surface area contributed by atoms with Crippen molar-refractivity contribution in [2.45, 2.75) is 12.3 Å². The minimum atomic E-state index is -0.286. The van der Waals surface area contributed by atoms with Crippen LogP contribution in [-0.4, -0.2) is 10.9 Å². The Morgan fingerprint density at radius 2 is 2.12 bits per heavy atom. The Bertz CT molecular complexity index is 520. The molecule has 1 amide bonds. The van der Waals surface area contributed by atoms with E-state index in [2.05, 4.69) is 26.2 Å². The first-order chi connectivity index (χ1) is 8.20. The summed E-state index contributed by atoms with van der Waals surface area (Å²) in [5, 5.41) is 3.54. The van der Waals surface area contributed by atoms with Crippen molar-refractivity contribution < 1.29 is 9.21 Å². The topological polar surface area (TPSA) is 55.1 Å². The summed E-state index contributed by atoms with van der Waals surface area (Å²) in [5.41, 5.74) is 2.47. The van der Waals surface area contributed by atoms with Gasteiger partial charge in [0.1, 0.15) is 0 Å². The number of anilines is 1. The highest BCUT2D eigenvalue weighted by Crippen LogP contribution is 2.14. The number of halogens is 1. The Hall–Kier alpha value is -1.62. The quantitative estimate of drug-likeness (QED) is 0.885. The van der Waals surface area contributed by atoms with Crippen LogP contribution in [0.15, 0.2) is 35.1 Å². The van der Waals surface area contributed by atoms with E-state index >= 15 is 0 Å². The molecule has 1 heterocycles. The molecule has 17 heavy (non-hydrogen) atoms. The molecular formula is C12H11BrN2O2. The van der Waals surface area contributed by atoms with Crippen LogP contribution in [0.3, 0.4) is 0 Å². The van der Waals surface area contributed by atoms with Crippen molar-refractivity contribution in [1.29, 1.82) is 0 Å². The van der Waals surface area contributed by atoms with E-state index in [1.165, 1.54) is 6.39 Å². The zero-order valence-electron chi connectivity index (χ0n) is 9.24. The van der Waals surface area contributed by atoms with Crippen molar-refractivity contribution in [2.24, 2.45) is 0 Å². The molecule has 0 aliphatic heterocycles. The van der Waals surface area contributed by atoms with Crippen LogP contribution in [0.1, 0.15) is 21.8 Å². The smallest absolute Gasteiger partial charge is 0.293 e. The molecule has 2 aromatic rings. The molecule has 0 radical (unpaired) electrons. The van der Waals surface area contributed by atoms with Crippen molar-refractivity contribution >= 4 is 27.5 Å². The minimum Gasteiger partial charge on any atom is -0.438 e. The lowest BCUT2D eigenvalue weighted by atomic mass is 10.2. The van der Waals surface area contributed by atoms with Gasteiger partial charge in [0.25, 0.3) is 5.91 Å². The average Bonchev–Trinajstić information content (AvgIpc) is 2.76. The number of amides is 1. The maximum absolute atomic E-state index is 11.8. The molecule has 1 aromatic carbocycles. The van der Waals surface area contributed by atoms with E-state index < -0.39 is 0 Å². The number of hydrogen-bond donors (Lipinski definition) is 1. The SMILES string of the molecule is Cc1ncoc1C(=O)Nc1ccc(CBr)cc1. The van der Waals surface area contributed by atoms with Crippen molar-refractivity contribution in [2.75, 3.05) is 5.32 Å². The predicted octanol–water partition coefficient (Wildman–Crippen LogP) is 3.13. The highest BCUT2D eigenvalue weighted by atomic mass is 79.9. The van der Waals surface area contributed by atoms with Crippen LogP contribution in [0.5, 0.6) is 0 Å². The van der Waals surface area contributed by atoms with Gasteiger partial charge in [0.15, 0.2) is 6.39 Å². The van der Waals surface area contributed by atoms with Crippen molar-refractivity contribution in [1.82, 2.24) is 4.98 Å². The summed E-state index contributed by atoms with van der Waals surface area (Å²) in [5.74, 6) is -0.0406. The van der Waals surface area contributed by atoms with Gasteiger partial charge in [-0.15, -0.1) is 0 Å². The van der Waals surface area contributed by atoms with Gasteiger partial charge >= 0.3 is 0 Å².